The highest BCUT2D eigenvalue weighted by molar-refractivity contribution is 6.03. The Morgan fingerprint density at radius 3 is 2.69 bits per heavy atom. The lowest BCUT2D eigenvalue weighted by molar-refractivity contribution is 0.0953. The van der Waals surface area contributed by atoms with Crippen LogP contribution in [0.5, 0.6) is 5.75 Å². The largest absolute Gasteiger partial charge is 0.507 e. The van der Waals surface area contributed by atoms with Crippen molar-refractivity contribution in [1.82, 2.24) is 9.99 Å². The number of phenolic OH excluding ortho intramolecular Hbond substituents is 1. The first kappa shape index (κ1) is 17.4. The molecule has 3 rings (SSSR count). The van der Waals surface area contributed by atoms with E-state index in [0.29, 0.717) is 5.56 Å². The predicted octanol–water partition coefficient (Wildman–Crippen LogP) is 3.05. The maximum absolute atomic E-state index is 12.3. The van der Waals surface area contributed by atoms with Crippen molar-refractivity contribution in [1.29, 1.82) is 0 Å². The van der Waals surface area contributed by atoms with Crippen molar-refractivity contribution in [3.63, 3.8) is 0 Å². The van der Waals surface area contributed by atoms with Gasteiger partial charge in [-0.1, -0.05) is 30.3 Å². The molecule has 0 aliphatic rings. The number of rotatable bonds is 4. The molecule has 6 heteroatoms. The van der Waals surface area contributed by atoms with E-state index in [1.807, 2.05) is 38.1 Å². The lowest BCUT2D eigenvalue weighted by Gasteiger charge is -2.10. The molecular weight excluding hydrogens is 330 g/mol. The standard InChI is InChI=1S/C20H19N3O3/c1-13(2)23-11-5-8-16(20(23)26)19(25)22-21-12-17-15-7-4-3-6-14(15)9-10-18(17)24/h3-13,24H,1-2H3,(H,22,25)/b21-12-. The van der Waals surface area contributed by atoms with Gasteiger partial charge in [-0.15, -0.1) is 0 Å². The molecule has 0 spiro atoms. The highest BCUT2D eigenvalue weighted by Gasteiger charge is 2.12. The summed E-state index contributed by atoms with van der Waals surface area (Å²) in [4.78, 5) is 24.6. The summed E-state index contributed by atoms with van der Waals surface area (Å²) >= 11 is 0. The zero-order valence-electron chi connectivity index (χ0n) is 14.5. The summed E-state index contributed by atoms with van der Waals surface area (Å²) in [5.74, 6) is -0.537. The Bertz CT molecular complexity index is 1050. The number of benzene rings is 2. The third kappa shape index (κ3) is 3.35. The fraction of sp³-hybridized carbons (Fsp3) is 0.150. The number of nitrogens with one attached hydrogen (secondary N) is 1. The minimum Gasteiger partial charge on any atom is -0.507 e. The average molecular weight is 349 g/mol. The smallest absolute Gasteiger partial charge is 0.276 e. The van der Waals surface area contributed by atoms with Crippen LogP contribution in [0.15, 0.2) is 64.6 Å². The van der Waals surface area contributed by atoms with Crippen LogP contribution < -0.4 is 11.0 Å². The number of aromatic nitrogens is 1. The second kappa shape index (κ2) is 7.23. The number of pyridine rings is 1. The van der Waals surface area contributed by atoms with Crippen molar-refractivity contribution in [3.8, 4) is 5.75 Å². The summed E-state index contributed by atoms with van der Waals surface area (Å²) < 4.78 is 1.48. The maximum atomic E-state index is 12.3. The van der Waals surface area contributed by atoms with E-state index in [9.17, 15) is 14.7 Å². The van der Waals surface area contributed by atoms with Crippen molar-refractivity contribution >= 4 is 22.9 Å². The first-order valence-electron chi connectivity index (χ1n) is 8.24. The van der Waals surface area contributed by atoms with Crippen molar-refractivity contribution in [2.24, 2.45) is 5.10 Å². The monoisotopic (exact) mass is 349 g/mol. The van der Waals surface area contributed by atoms with E-state index in [0.717, 1.165) is 10.8 Å². The normalized spacial score (nSPS) is 11.3. The van der Waals surface area contributed by atoms with Gasteiger partial charge in [0.05, 0.1) is 6.21 Å². The van der Waals surface area contributed by atoms with Crippen LogP contribution in [0.2, 0.25) is 0 Å². The minimum absolute atomic E-state index is 0.0143. The fourth-order valence-corrected chi connectivity index (χ4v) is 2.72. The van der Waals surface area contributed by atoms with Gasteiger partial charge in [0, 0.05) is 17.8 Å². The van der Waals surface area contributed by atoms with Gasteiger partial charge in [0.15, 0.2) is 0 Å². The lowest BCUT2D eigenvalue weighted by Crippen LogP contribution is -2.31. The van der Waals surface area contributed by atoms with E-state index in [2.05, 4.69) is 10.5 Å². The van der Waals surface area contributed by atoms with E-state index >= 15 is 0 Å². The molecule has 0 aliphatic heterocycles. The number of carbonyl (C=O) groups excluding carboxylic acids is 1. The molecule has 0 saturated carbocycles. The number of carbonyl (C=O) groups is 1. The van der Waals surface area contributed by atoms with Crippen LogP contribution in [0.25, 0.3) is 10.8 Å². The molecule has 0 bridgehead atoms. The van der Waals surface area contributed by atoms with Gasteiger partial charge in [0.25, 0.3) is 11.5 Å². The van der Waals surface area contributed by atoms with Gasteiger partial charge in [-0.05, 0) is 42.8 Å². The van der Waals surface area contributed by atoms with Crippen molar-refractivity contribution in [3.05, 3.63) is 76.2 Å². The Morgan fingerprint density at radius 1 is 1.15 bits per heavy atom. The molecule has 0 unspecified atom stereocenters. The van der Waals surface area contributed by atoms with Crippen molar-refractivity contribution in [2.75, 3.05) is 0 Å². The zero-order valence-corrected chi connectivity index (χ0v) is 14.5. The quantitative estimate of drug-likeness (QED) is 0.561. The number of hydrazone groups is 1. The highest BCUT2D eigenvalue weighted by atomic mass is 16.3. The van der Waals surface area contributed by atoms with E-state index < -0.39 is 5.91 Å². The van der Waals surface area contributed by atoms with Gasteiger partial charge >= 0.3 is 0 Å². The van der Waals surface area contributed by atoms with Crippen LogP contribution in [0, 0.1) is 0 Å². The molecule has 1 aromatic heterocycles. The predicted molar refractivity (Wildman–Crippen MR) is 102 cm³/mol. The molecule has 0 atom stereocenters. The van der Waals surface area contributed by atoms with Crippen LogP contribution in [0.1, 0.15) is 35.8 Å². The molecule has 132 valence electrons. The molecule has 2 N–H and O–H groups in total. The van der Waals surface area contributed by atoms with E-state index in [1.165, 1.54) is 16.8 Å². The number of amides is 1. The van der Waals surface area contributed by atoms with Crippen LogP contribution >= 0.6 is 0 Å². The zero-order chi connectivity index (χ0) is 18.7. The fourth-order valence-electron chi connectivity index (χ4n) is 2.72. The van der Waals surface area contributed by atoms with Crippen molar-refractivity contribution in [2.45, 2.75) is 19.9 Å². The lowest BCUT2D eigenvalue weighted by atomic mass is 10.0. The summed E-state index contributed by atoms with van der Waals surface area (Å²) in [5, 5.41) is 15.7. The van der Waals surface area contributed by atoms with E-state index in [1.54, 1.807) is 24.4 Å². The van der Waals surface area contributed by atoms with Gasteiger partial charge < -0.3 is 9.67 Å². The number of hydrogen-bond acceptors (Lipinski definition) is 4. The Morgan fingerprint density at radius 2 is 1.92 bits per heavy atom. The van der Waals surface area contributed by atoms with Gasteiger partial charge in [0.1, 0.15) is 11.3 Å². The summed E-state index contributed by atoms with van der Waals surface area (Å²) in [6.07, 6.45) is 3.01. The minimum atomic E-state index is -0.596. The molecule has 1 heterocycles. The average Bonchev–Trinajstić information content (AvgIpc) is 2.63. The number of nitrogens with zero attached hydrogens (tertiary/aromatic N) is 2. The van der Waals surface area contributed by atoms with Crippen LogP contribution in [-0.2, 0) is 0 Å². The summed E-state index contributed by atoms with van der Waals surface area (Å²) in [6.45, 7) is 3.73. The molecule has 2 aromatic carbocycles. The molecule has 0 fully saturated rings. The summed E-state index contributed by atoms with van der Waals surface area (Å²) in [6, 6.07) is 14.0. The second-order valence-electron chi connectivity index (χ2n) is 6.15. The van der Waals surface area contributed by atoms with Crippen LogP contribution in [-0.4, -0.2) is 21.8 Å². The third-order valence-corrected chi connectivity index (χ3v) is 4.08. The molecule has 3 aromatic rings. The first-order valence-corrected chi connectivity index (χ1v) is 8.24. The Kier molecular flexibility index (Phi) is 4.84. The number of phenols is 1. The molecular formula is C20H19N3O3. The maximum Gasteiger partial charge on any atom is 0.276 e. The molecule has 0 aliphatic carbocycles. The number of fused-ring (bicyclic) bond motifs is 1. The third-order valence-electron chi connectivity index (χ3n) is 4.08. The Balaban J connectivity index is 1.86. The second-order valence-corrected chi connectivity index (χ2v) is 6.15. The summed E-state index contributed by atoms with van der Waals surface area (Å²) in [7, 11) is 0. The topological polar surface area (TPSA) is 83.7 Å². The SMILES string of the molecule is CC(C)n1cccc(C(=O)N/N=C\c2c(O)ccc3ccccc23)c1=O. The molecule has 1 amide bonds. The molecule has 6 nitrogen and oxygen atoms in total. The van der Waals surface area contributed by atoms with Gasteiger partial charge in [0.2, 0.25) is 0 Å². The number of aromatic hydroxyl groups is 1. The number of hydrogen-bond donors (Lipinski definition) is 2. The molecule has 0 radical (unpaired) electrons. The van der Waals surface area contributed by atoms with Gasteiger partial charge in [-0.25, -0.2) is 5.43 Å². The van der Waals surface area contributed by atoms with Crippen LogP contribution in [0.4, 0.5) is 0 Å². The van der Waals surface area contributed by atoms with E-state index in [4.69, 9.17) is 0 Å². The highest BCUT2D eigenvalue weighted by Crippen LogP contribution is 2.25. The van der Waals surface area contributed by atoms with E-state index in [-0.39, 0.29) is 22.9 Å². The molecule has 0 saturated heterocycles. The van der Waals surface area contributed by atoms with Gasteiger partial charge in [-0.3, -0.25) is 9.59 Å². The van der Waals surface area contributed by atoms with Gasteiger partial charge in [-0.2, -0.15) is 5.10 Å². The molecule has 26 heavy (non-hydrogen) atoms. The van der Waals surface area contributed by atoms with Crippen molar-refractivity contribution < 1.29 is 9.90 Å². The van der Waals surface area contributed by atoms with Crippen LogP contribution in [0.3, 0.4) is 0 Å². The summed E-state index contributed by atoms with van der Waals surface area (Å²) in [5.41, 5.74) is 2.49. The first-order chi connectivity index (χ1) is 12.5. The Labute approximate surface area is 150 Å². The Hall–Kier alpha value is -3.41.